The van der Waals surface area contributed by atoms with E-state index >= 15 is 0 Å². The highest BCUT2D eigenvalue weighted by molar-refractivity contribution is 6.17. The average molecular weight is 375 g/mol. The highest BCUT2D eigenvalue weighted by atomic mass is 16.5. The fourth-order valence-corrected chi connectivity index (χ4v) is 4.11. The van der Waals surface area contributed by atoms with E-state index in [0.717, 1.165) is 11.1 Å². The summed E-state index contributed by atoms with van der Waals surface area (Å²) in [5, 5.41) is 12.3. The molecule has 0 bridgehead atoms. The van der Waals surface area contributed by atoms with Crippen LogP contribution < -0.4 is 10.2 Å². The Balaban J connectivity index is 1.81. The molecule has 2 aliphatic rings. The zero-order valence-electron chi connectivity index (χ0n) is 15.6. The van der Waals surface area contributed by atoms with Gasteiger partial charge in [0, 0.05) is 18.9 Å². The predicted molar refractivity (Wildman–Crippen MR) is 104 cm³/mol. The van der Waals surface area contributed by atoms with Crippen molar-refractivity contribution >= 4 is 17.6 Å². The molecule has 28 heavy (non-hydrogen) atoms. The molecule has 2 fully saturated rings. The summed E-state index contributed by atoms with van der Waals surface area (Å²) in [6.45, 7) is 2.80. The van der Waals surface area contributed by atoms with E-state index in [-0.39, 0.29) is 5.91 Å². The molecule has 1 atom stereocenters. The minimum atomic E-state index is -1.16. The van der Waals surface area contributed by atoms with E-state index in [9.17, 15) is 14.9 Å². The van der Waals surface area contributed by atoms with E-state index in [1.165, 1.54) is 4.90 Å². The molecule has 0 aliphatic carbocycles. The van der Waals surface area contributed by atoms with Gasteiger partial charge in [-0.3, -0.25) is 15.0 Å². The first kappa shape index (κ1) is 18.2. The number of imide groups is 1. The van der Waals surface area contributed by atoms with Gasteiger partial charge >= 0.3 is 6.03 Å². The lowest BCUT2D eigenvalue weighted by atomic mass is 9.75. The molecule has 0 radical (unpaired) electrons. The molecular formula is C22H21N3O3. The molecule has 142 valence electrons. The molecule has 0 aromatic heterocycles. The number of hydrogen-bond acceptors (Lipinski definition) is 4. The van der Waals surface area contributed by atoms with Gasteiger partial charge in [-0.1, -0.05) is 42.5 Å². The summed E-state index contributed by atoms with van der Waals surface area (Å²) in [6, 6.07) is 18.6. The Labute approximate surface area is 163 Å². The lowest BCUT2D eigenvalue weighted by Crippen LogP contribution is -2.44. The standard InChI is InChI=1S/C22H21N3O3/c1-21(16-6-3-2-4-7-16)19(26)24-20(27)25(21)18-9-5-8-17(14-18)22(15-23)10-12-28-13-11-22/h2-9,14H,10-13H2,1H3,(H,24,26,27). The number of nitrogens with one attached hydrogen (secondary N) is 1. The van der Waals surface area contributed by atoms with Crippen molar-refractivity contribution in [3.05, 3.63) is 65.7 Å². The fraction of sp³-hybridized carbons (Fsp3) is 0.318. The second-order valence-corrected chi connectivity index (χ2v) is 7.39. The molecule has 2 aromatic carbocycles. The van der Waals surface area contributed by atoms with Crippen LogP contribution in [-0.4, -0.2) is 25.2 Å². The molecule has 6 nitrogen and oxygen atoms in total. The summed E-state index contributed by atoms with van der Waals surface area (Å²) in [5.74, 6) is -0.366. The van der Waals surface area contributed by atoms with Crippen LogP contribution in [-0.2, 0) is 20.5 Å². The van der Waals surface area contributed by atoms with Crippen LogP contribution in [0.25, 0.3) is 0 Å². The SMILES string of the molecule is CC1(c2ccccc2)C(=O)NC(=O)N1c1cccc(C2(C#N)CCOCC2)c1. The molecule has 2 aliphatic heterocycles. The van der Waals surface area contributed by atoms with Crippen LogP contribution in [0.2, 0.25) is 0 Å². The zero-order chi connectivity index (χ0) is 19.8. The van der Waals surface area contributed by atoms with Gasteiger partial charge < -0.3 is 4.74 Å². The zero-order valence-corrected chi connectivity index (χ0v) is 15.6. The van der Waals surface area contributed by atoms with Crippen molar-refractivity contribution in [1.82, 2.24) is 5.32 Å². The first-order chi connectivity index (χ1) is 13.5. The average Bonchev–Trinajstić information content (AvgIpc) is 2.98. The molecule has 1 N–H and O–H groups in total. The van der Waals surface area contributed by atoms with Crippen molar-refractivity contribution in [1.29, 1.82) is 5.26 Å². The van der Waals surface area contributed by atoms with E-state index < -0.39 is 17.0 Å². The number of anilines is 1. The van der Waals surface area contributed by atoms with Gasteiger partial charge in [-0.15, -0.1) is 0 Å². The van der Waals surface area contributed by atoms with Crippen LogP contribution in [0, 0.1) is 11.3 Å². The summed E-state index contributed by atoms with van der Waals surface area (Å²) in [7, 11) is 0. The fourth-order valence-electron chi connectivity index (χ4n) is 4.11. The van der Waals surface area contributed by atoms with Gasteiger partial charge in [0.2, 0.25) is 0 Å². The minimum absolute atomic E-state index is 0.366. The third-order valence-corrected chi connectivity index (χ3v) is 5.87. The number of carbonyl (C=O) groups is 2. The number of nitriles is 1. The lowest BCUT2D eigenvalue weighted by Gasteiger charge is -2.34. The number of ether oxygens (including phenoxy) is 1. The van der Waals surface area contributed by atoms with E-state index in [2.05, 4.69) is 11.4 Å². The summed E-state index contributed by atoms with van der Waals surface area (Å²) in [4.78, 5) is 27.0. The maximum absolute atomic E-state index is 12.8. The number of hydrogen-bond donors (Lipinski definition) is 1. The molecule has 2 heterocycles. The van der Waals surface area contributed by atoms with Gasteiger partial charge in [0.1, 0.15) is 0 Å². The third-order valence-electron chi connectivity index (χ3n) is 5.87. The largest absolute Gasteiger partial charge is 0.381 e. The minimum Gasteiger partial charge on any atom is -0.381 e. The Kier molecular flexibility index (Phi) is 4.40. The Morgan fingerprint density at radius 1 is 1.04 bits per heavy atom. The second kappa shape index (κ2) is 6.77. The van der Waals surface area contributed by atoms with Crippen LogP contribution >= 0.6 is 0 Å². The monoisotopic (exact) mass is 375 g/mol. The molecule has 1 unspecified atom stereocenters. The van der Waals surface area contributed by atoms with Gasteiger partial charge in [0.25, 0.3) is 5.91 Å². The van der Waals surface area contributed by atoms with Crippen molar-refractivity contribution < 1.29 is 14.3 Å². The first-order valence-corrected chi connectivity index (χ1v) is 9.32. The quantitative estimate of drug-likeness (QED) is 0.835. The van der Waals surface area contributed by atoms with Crippen molar-refractivity contribution in [3.8, 4) is 6.07 Å². The summed E-state index contributed by atoms with van der Waals surface area (Å²) in [6.07, 6.45) is 1.21. The molecule has 6 heteroatoms. The first-order valence-electron chi connectivity index (χ1n) is 9.32. The van der Waals surface area contributed by atoms with Gasteiger partial charge in [0.05, 0.1) is 11.5 Å². The summed E-state index contributed by atoms with van der Waals surface area (Å²) >= 11 is 0. The second-order valence-electron chi connectivity index (χ2n) is 7.39. The molecule has 4 rings (SSSR count). The summed E-state index contributed by atoms with van der Waals surface area (Å²) < 4.78 is 5.43. The number of rotatable bonds is 3. The van der Waals surface area contributed by atoms with Crippen molar-refractivity contribution in [2.24, 2.45) is 0 Å². The Hall–Kier alpha value is -3.17. The van der Waals surface area contributed by atoms with E-state index in [1.54, 1.807) is 13.0 Å². The number of benzene rings is 2. The third kappa shape index (κ3) is 2.67. The Morgan fingerprint density at radius 3 is 2.39 bits per heavy atom. The highest BCUT2D eigenvalue weighted by Gasteiger charge is 2.51. The van der Waals surface area contributed by atoms with Crippen LogP contribution in [0.5, 0.6) is 0 Å². The molecule has 0 spiro atoms. The van der Waals surface area contributed by atoms with Crippen molar-refractivity contribution in [2.45, 2.75) is 30.7 Å². The number of amides is 3. The van der Waals surface area contributed by atoms with Crippen LogP contribution in [0.4, 0.5) is 10.5 Å². The molecule has 3 amide bonds. The maximum atomic E-state index is 12.8. The Bertz CT molecular complexity index is 960. The van der Waals surface area contributed by atoms with Crippen LogP contribution in [0.15, 0.2) is 54.6 Å². The van der Waals surface area contributed by atoms with E-state index in [4.69, 9.17) is 4.74 Å². The van der Waals surface area contributed by atoms with Crippen molar-refractivity contribution in [3.63, 3.8) is 0 Å². The lowest BCUT2D eigenvalue weighted by molar-refractivity contribution is -0.123. The topological polar surface area (TPSA) is 82.4 Å². The number of carbonyl (C=O) groups excluding carboxylic acids is 2. The van der Waals surface area contributed by atoms with Crippen LogP contribution in [0.1, 0.15) is 30.9 Å². The number of urea groups is 1. The maximum Gasteiger partial charge on any atom is 0.329 e. The molecule has 2 aromatic rings. The molecule has 0 saturated carbocycles. The van der Waals surface area contributed by atoms with E-state index in [0.29, 0.717) is 31.7 Å². The highest BCUT2D eigenvalue weighted by Crippen LogP contribution is 2.40. The van der Waals surface area contributed by atoms with E-state index in [1.807, 2.05) is 48.5 Å². The van der Waals surface area contributed by atoms with Gasteiger partial charge in [0.15, 0.2) is 5.54 Å². The van der Waals surface area contributed by atoms with Gasteiger partial charge in [-0.2, -0.15) is 5.26 Å². The number of nitrogens with zero attached hydrogens (tertiary/aromatic N) is 2. The molecule has 2 saturated heterocycles. The normalized spacial score (nSPS) is 23.9. The smallest absolute Gasteiger partial charge is 0.329 e. The predicted octanol–water partition coefficient (Wildman–Crippen LogP) is 3.23. The van der Waals surface area contributed by atoms with Gasteiger partial charge in [-0.25, -0.2) is 4.79 Å². The van der Waals surface area contributed by atoms with Crippen LogP contribution in [0.3, 0.4) is 0 Å². The molecular weight excluding hydrogens is 354 g/mol. The van der Waals surface area contributed by atoms with Crippen molar-refractivity contribution in [2.75, 3.05) is 18.1 Å². The summed E-state index contributed by atoms with van der Waals surface area (Å²) in [5.41, 5.74) is 0.362. The Morgan fingerprint density at radius 2 is 1.71 bits per heavy atom. The van der Waals surface area contributed by atoms with Gasteiger partial charge in [-0.05, 0) is 43.0 Å².